The molecule has 1 aromatic heterocycles. The van der Waals surface area contributed by atoms with Crippen LogP contribution in [0.25, 0.3) is 0 Å². The van der Waals surface area contributed by atoms with Gasteiger partial charge >= 0.3 is 6.18 Å². The Kier molecular flexibility index (Phi) is 5.47. The number of carbonyl (C=O) groups excluding carboxylic acids is 1. The van der Waals surface area contributed by atoms with Crippen molar-refractivity contribution in [3.8, 4) is 5.75 Å². The van der Waals surface area contributed by atoms with Crippen molar-refractivity contribution < 1.29 is 31.9 Å². The van der Waals surface area contributed by atoms with Crippen molar-refractivity contribution in [2.75, 3.05) is 11.9 Å². The second-order valence-electron chi connectivity index (χ2n) is 9.65. The Hall–Kier alpha value is -3.26. The van der Waals surface area contributed by atoms with Crippen molar-refractivity contribution in [3.05, 3.63) is 82.8 Å². The van der Waals surface area contributed by atoms with Crippen LogP contribution in [-0.4, -0.2) is 18.1 Å². The summed E-state index contributed by atoms with van der Waals surface area (Å²) in [5, 5.41) is 3.00. The summed E-state index contributed by atoms with van der Waals surface area (Å²) < 4.78 is 56.9. The zero-order valence-electron chi connectivity index (χ0n) is 19.7. The molecule has 0 aliphatic carbocycles. The van der Waals surface area contributed by atoms with Crippen LogP contribution in [-0.2, 0) is 21.1 Å². The Morgan fingerprint density at radius 3 is 2.57 bits per heavy atom. The topological polar surface area (TPSA) is 60.7 Å². The summed E-state index contributed by atoms with van der Waals surface area (Å²) in [6.07, 6.45) is -4.33. The summed E-state index contributed by atoms with van der Waals surface area (Å²) in [7, 11) is 0. The third-order valence-electron chi connectivity index (χ3n) is 6.52. The Morgan fingerprint density at radius 2 is 1.86 bits per heavy atom. The van der Waals surface area contributed by atoms with Crippen LogP contribution in [0.2, 0.25) is 0 Å². The molecule has 8 heteroatoms. The van der Waals surface area contributed by atoms with Gasteiger partial charge in [-0.3, -0.25) is 4.79 Å². The lowest BCUT2D eigenvalue weighted by atomic mass is 9.67. The summed E-state index contributed by atoms with van der Waals surface area (Å²) >= 11 is 0. The molecule has 0 radical (unpaired) electrons. The maximum Gasteiger partial charge on any atom is 0.449 e. The van der Waals surface area contributed by atoms with Crippen LogP contribution in [0.4, 0.5) is 18.9 Å². The number of rotatable bonds is 5. The highest BCUT2D eigenvalue weighted by Crippen LogP contribution is 2.54. The highest BCUT2D eigenvalue weighted by molar-refractivity contribution is 6.09. The van der Waals surface area contributed by atoms with Gasteiger partial charge in [0.1, 0.15) is 28.6 Å². The molecule has 0 saturated heterocycles. The van der Waals surface area contributed by atoms with Crippen LogP contribution in [0, 0.1) is 0 Å². The Morgan fingerprint density at radius 1 is 1.09 bits per heavy atom. The third-order valence-corrected chi connectivity index (χ3v) is 6.52. The van der Waals surface area contributed by atoms with Gasteiger partial charge in [-0.05, 0) is 55.7 Å². The average molecular weight is 486 g/mol. The molecule has 3 heterocycles. The molecule has 3 aromatic rings. The van der Waals surface area contributed by atoms with Crippen LogP contribution < -0.4 is 10.1 Å². The van der Waals surface area contributed by atoms with Crippen molar-refractivity contribution >= 4 is 11.6 Å². The van der Waals surface area contributed by atoms with Gasteiger partial charge in [0.25, 0.3) is 0 Å². The molecule has 2 atom stereocenters. The molecule has 2 aliphatic rings. The van der Waals surface area contributed by atoms with Crippen LogP contribution in [0.15, 0.2) is 59.0 Å². The predicted octanol–water partition coefficient (Wildman–Crippen LogP) is 6.61. The maximum atomic E-state index is 13.4. The second-order valence-corrected chi connectivity index (χ2v) is 9.65. The fourth-order valence-electron chi connectivity index (χ4n) is 5.19. The summed E-state index contributed by atoms with van der Waals surface area (Å²) in [6, 6.07) is 15.1. The van der Waals surface area contributed by atoms with Crippen LogP contribution in [0.3, 0.4) is 0 Å². The maximum absolute atomic E-state index is 13.4. The van der Waals surface area contributed by atoms with Gasteiger partial charge < -0.3 is 19.2 Å². The summed E-state index contributed by atoms with van der Waals surface area (Å²) in [5.41, 5.74) is 1.35. The second kappa shape index (κ2) is 8.16. The zero-order valence-corrected chi connectivity index (χ0v) is 19.7. The minimum absolute atomic E-state index is 0.0551. The monoisotopic (exact) mass is 485 g/mol. The molecule has 0 bridgehead atoms. The van der Waals surface area contributed by atoms with E-state index in [2.05, 4.69) is 5.32 Å². The van der Waals surface area contributed by atoms with Gasteiger partial charge in [-0.1, -0.05) is 37.3 Å². The van der Waals surface area contributed by atoms with Gasteiger partial charge in [0.05, 0.1) is 0 Å². The molecule has 1 N–H and O–H groups in total. The summed E-state index contributed by atoms with van der Waals surface area (Å²) in [4.78, 5) is 13.4. The number of amides is 1. The Balaban J connectivity index is 1.62. The number of carbonyl (C=O) groups is 1. The first-order valence-corrected chi connectivity index (χ1v) is 11.6. The number of para-hydroxylation sites is 1. The lowest BCUT2D eigenvalue weighted by Crippen LogP contribution is -2.48. The Labute approximate surface area is 201 Å². The molecule has 2 aliphatic heterocycles. The number of hydrogen-bond donors (Lipinski definition) is 1. The first kappa shape index (κ1) is 23.5. The van der Waals surface area contributed by atoms with Crippen molar-refractivity contribution in [2.45, 2.75) is 56.9 Å². The molecule has 5 rings (SSSR count). The van der Waals surface area contributed by atoms with E-state index in [1.54, 1.807) is 12.1 Å². The van der Waals surface area contributed by atoms with E-state index in [9.17, 15) is 18.0 Å². The molecule has 184 valence electrons. The number of hydrogen-bond acceptors (Lipinski definition) is 4. The van der Waals surface area contributed by atoms with Crippen molar-refractivity contribution in [3.63, 3.8) is 0 Å². The van der Waals surface area contributed by atoms with E-state index < -0.39 is 29.1 Å². The van der Waals surface area contributed by atoms with Crippen molar-refractivity contribution in [1.29, 1.82) is 0 Å². The highest BCUT2D eigenvalue weighted by Gasteiger charge is 2.55. The van der Waals surface area contributed by atoms with E-state index in [0.717, 1.165) is 17.3 Å². The normalized spacial score (nSPS) is 21.3. The summed E-state index contributed by atoms with van der Waals surface area (Å²) in [6.45, 7) is 6.09. The molecule has 2 unspecified atom stereocenters. The lowest BCUT2D eigenvalue weighted by molar-refractivity contribution is -0.154. The van der Waals surface area contributed by atoms with Crippen molar-refractivity contribution in [2.24, 2.45) is 0 Å². The number of benzene rings is 2. The molecule has 2 aromatic carbocycles. The number of fused-ring (bicyclic) bond motifs is 4. The minimum Gasteiger partial charge on any atom is -0.487 e. The number of nitrogens with one attached hydrogen (secondary N) is 1. The quantitative estimate of drug-likeness (QED) is 0.442. The number of ether oxygens (including phenoxy) is 2. The van der Waals surface area contributed by atoms with Gasteiger partial charge in [-0.25, -0.2) is 0 Å². The molecule has 0 saturated carbocycles. The molecule has 0 fully saturated rings. The number of anilines is 1. The number of alkyl halides is 3. The standard InChI is InChI=1S/C27H26F3NO4/c1-4-13-33-23(20-11-12-22(34-20)27(28,29)30)16-9-10-18-21(14-16)35-25(2,3)15-26(18)17-7-5-6-8-19(17)31-24(26)32/h5-12,14,23H,4,13,15H2,1-3H3,(H,31,32). The first-order chi connectivity index (χ1) is 16.5. The Bertz CT molecular complexity index is 1280. The first-order valence-electron chi connectivity index (χ1n) is 11.6. The zero-order chi connectivity index (χ0) is 25.0. The third kappa shape index (κ3) is 3.89. The van der Waals surface area contributed by atoms with Gasteiger partial charge in [0, 0.05) is 24.3 Å². The van der Waals surface area contributed by atoms with E-state index in [-0.39, 0.29) is 11.7 Å². The SMILES string of the molecule is CCCOC(c1ccc2c(c1)OC(C)(C)CC21C(=O)Nc2ccccc21)c1ccc(C(F)(F)F)o1. The van der Waals surface area contributed by atoms with E-state index in [4.69, 9.17) is 13.9 Å². The summed E-state index contributed by atoms with van der Waals surface area (Å²) in [5.74, 6) is -0.646. The lowest BCUT2D eigenvalue weighted by Gasteiger charge is -2.43. The molecule has 1 amide bonds. The van der Waals surface area contributed by atoms with E-state index in [1.807, 2.05) is 51.1 Å². The van der Waals surface area contributed by atoms with Gasteiger partial charge in [-0.2, -0.15) is 13.2 Å². The van der Waals surface area contributed by atoms with Gasteiger partial charge in [0.2, 0.25) is 11.7 Å². The predicted molar refractivity (Wildman–Crippen MR) is 123 cm³/mol. The number of halogens is 3. The molecule has 5 nitrogen and oxygen atoms in total. The van der Waals surface area contributed by atoms with Gasteiger partial charge in [0.15, 0.2) is 0 Å². The van der Waals surface area contributed by atoms with E-state index in [0.29, 0.717) is 36.3 Å². The van der Waals surface area contributed by atoms with Crippen LogP contribution >= 0.6 is 0 Å². The molecule has 35 heavy (non-hydrogen) atoms. The largest absolute Gasteiger partial charge is 0.487 e. The smallest absolute Gasteiger partial charge is 0.449 e. The molecule has 1 spiro atoms. The van der Waals surface area contributed by atoms with E-state index in [1.165, 1.54) is 6.07 Å². The molecular formula is C27H26F3NO4. The van der Waals surface area contributed by atoms with Crippen LogP contribution in [0.5, 0.6) is 5.75 Å². The van der Waals surface area contributed by atoms with E-state index >= 15 is 0 Å². The number of furan rings is 1. The van der Waals surface area contributed by atoms with Crippen molar-refractivity contribution in [1.82, 2.24) is 0 Å². The minimum atomic E-state index is -4.59. The fourth-order valence-corrected chi connectivity index (χ4v) is 5.19. The highest BCUT2D eigenvalue weighted by atomic mass is 19.4. The van der Waals surface area contributed by atoms with Crippen LogP contribution in [0.1, 0.15) is 67.9 Å². The van der Waals surface area contributed by atoms with Gasteiger partial charge in [-0.15, -0.1) is 0 Å². The average Bonchev–Trinajstić information content (AvgIpc) is 3.38. The molecular weight excluding hydrogens is 459 g/mol. The fraction of sp³-hybridized carbons (Fsp3) is 0.370.